The second kappa shape index (κ2) is 8.13. The Bertz CT molecular complexity index is 1390. The molecule has 168 valence electrons. The van der Waals surface area contributed by atoms with Gasteiger partial charge in [0.25, 0.3) is 5.56 Å². The molecule has 0 aliphatic heterocycles. The molecule has 11 heteroatoms. The largest absolute Gasteiger partial charge is 0.416 e. The van der Waals surface area contributed by atoms with E-state index in [0.29, 0.717) is 29.9 Å². The minimum absolute atomic E-state index is 0.132. The number of hydrogen-bond donors (Lipinski definition) is 1. The highest BCUT2D eigenvalue weighted by atomic mass is 19.4. The summed E-state index contributed by atoms with van der Waals surface area (Å²) in [5.41, 5.74) is -0.0959. The number of benzene rings is 1. The van der Waals surface area contributed by atoms with Crippen LogP contribution < -0.4 is 11.2 Å². The van der Waals surface area contributed by atoms with Crippen LogP contribution in [0, 0.1) is 0 Å². The Morgan fingerprint density at radius 3 is 2.59 bits per heavy atom. The molecule has 0 fully saturated rings. The monoisotopic (exact) mass is 446 g/mol. The van der Waals surface area contributed by atoms with E-state index in [1.165, 1.54) is 21.5 Å². The summed E-state index contributed by atoms with van der Waals surface area (Å²) in [5.74, 6) is 0.352. The van der Waals surface area contributed by atoms with Crippen molar-refractivity contribution < 1.29 is 13.2 Å². The lowest BCUT2D eigenvalue weighted by Crippen LogP contribution is -2.39. The van der Waals surface area contributed by atoms with Crippen molar-refractivity contribution in [2.24, 2.45) is 0 Å². The van der Waals surface area contributed by atoms with Crippen LogP contribution in [0.3, 0.4) is 0 Å². The van der Waals surface area contributed by atoms with Crippen LogP contribution in [0.2, 0.25) is 0 Å². The Labute approximate surface area is 179 Å². The van der Waals surface area contributed by atoms with Gasteiger partial charge in [0.15, 0.2) is 5.65 Å². The van der Waals surface area contributed by atoms with Gasteiger partial charge in [-0.1, -0.05) is 19.1 Å². The van der Waals surface area contributed by atoms with Crippen LogP contribution in [0.1, 0.15) is 31.4 Å². The molecule has 0 atom stereocenters. The molecule has 32 heavy (non-hydrogen) atoms. The third-order valence-electron chi connectivity index (χ3n) is 5.13. The lowest BCUT2D eigenvalue weighted by atomic mass is 10.1. The van der Waals surface area contributed by atoms with E-state index >= 15 is 0 Å². The zero-order chi connectivity index (χ0) is 23.0. The summed E-state index contributed by atoms with van der Waals surface area (Å²) in [6, 6.07) is 5.05. The van der Waals surface area contributed by atoms with Crippen LogP contribution in [0.5, 0.6) is 0 Å². The van der Waals surface area contributed by atoms with Crippen LogP contribution in [0.4, 0.5) is 13.2 Å². The summed E-state index contributed by atoms with van der Waals surface area (Å²) in [6.07, 6.45) is -0.599. The Balaban J connectivity index is 1.71. The van der Waals surface area contributed by atoms with Gasteiger partial charge in [0, 0.05) is 19.3 Å². The molecule has 4 aromatic rings. The third-order valence-corrected chi connectivity index (χ3v) is 5.13. The molecule has 8 nitrogen and oxygen atoms in total. The van der Waals surface area contributed by atoms with Gasteiger partial charge in [0.2, 0.25) is 0 Å². The molecule has 0 saturated carbocycles. The number of aromatic nitrogens is 6. The maximum atomic E-state index is 12.9. The predicted octanol–water partition coefficient (Wildman–Crippen LogP) is 3.25. The summed E-state index contributed by atoms with van der Waals surface area (Å²) in [5, 5.41) is 4.21. The van der Waals surface area contributed by atoms with E-state index < -0.39 is 23.0 Å². The summed E-state index contributed by atoms with van der Waals surface area (Å²) in [7, 11) is 0. The highest BCUT2D eigenvalue weighted by Crippen LogP contribution is 2.29. The van der Waals surface area contributed by atoms with Gasteiger partial charge in [0.1, 0.15) is 11.3 Å². The second-order valence-electron chi connectivity index (χ2n) is 7.39. The first-order valence-electron chi connectivity index (χ1n) is 10.1. The number of imidazole rings is 1. The number of halogens is 3. The second-order valence-corrected chi connectivity index (χ2v) is 7.39. The highest BCUT2D eigenvalue weighted by Gasteiger charge is 2.30. The fraction of sp³-hybridized carbons (Fsp3) is 0.333. The quantitative estimate of drug-likeness (QED) is 0.492. The molecule has 0 spiro atoms. The van der Waals surface area contributed by atoms with Crippen molar-refractivity contribution in [3.05, 3.63) is 68.6 Å². The maximum Gasteiger partial charge on any atom is 0.416 e. The van der Waals surface area contributed by atoms with Crippen LogP contribution in [0.15, 0.2) is 46.2 Å². The van der Waals surface area contributed by atoms with Crippen molar-refractivity contribution in [1.29, 1.82) is 0 Å². The standard InChI is InChI=1S/C21H21F3N6O2/c1-3-8-30-18-16(19(31)29(4-2)20(30)32)26-17(27-18)14-10-25-28(12-14)11-13-6-5-7-15(9-13)21(22,23)24/h5-7,9-10,12H,3-4,8,11H2,1-2H3,(H,26,27). The lowest BCUT2D eigenvalue weighted by molar-refractivity contribution is -0.137. The van der Waals surface area contributed by atoms with Gasteiger partial charge < -0.3 is 4.98 Å². The van der Waals surface area contributed by atoms with E-state index in [4.69, 9.17) is 0 Å². The minimum atomic E-state index is -4.42. The highest BCUT2D eigenvalue weighted by molar-refractivity contribution is 5.75. The molecule has 0 amide bonds. The summed E-state index contributed by atoms with van der Waals surface area (Å²) in [6.45, 7) is 4.42. The number of aromatic amines is 1. The molecule has 0 unspecified atom stereocenters. The van der Waals surface area contributed by atoms with Crippen LogP contribution in [-0.2, 0) is 25.8 Å². The fourth-order valence-corrected chi connectivity index (χ4v) is 3.61. The molecule has 4 rings (SSSR count). The molecule has 1 N–H and O–H groups in total. The van der Waals surface area contributed by atoms with Crippen LogP contribution in [0.25, 0.3) is 22.6 Å². The topological polar surface area (TPSA) is 90.5 Å². The molecule has 0 saturated heterocycles. The molecule has 1 aromatic carbocycles. The van der Waals surface area contributed by atoms with Crippen molar-refractivity contribution in [2.75, 3.05) is 0 Å². The number of alkyl halides is 3. The van der Waals surface area contributed by atoms with Gasteiger partial charge in [0.05, 0.1) is 23.9 Å². The average molecular weight is 446 g/mol. The normalized spacial score (nSPS) is 12.0. The zero-order valence-corrected chi connectivity index (χ0v) is 17.5. The number of fused-ring (bicyclic) bond motifs is 1. The van der Waals surface area contributed by atoms with E-state index in [-0.39, 0.29) is 24.3 Å². The molecular weight excluding hydrogens is 425 g/mol. The van der Waals surface area contributed by atoms with Gasteiger partial charge in [-0.25, -0.2) is 9.78 Å². The summed E-state index contributed by atoms with van der Waals surface area (Å²) < 4.78 is 43.0. The van der Waals surface area contributed by atoms with Gasteiger partial charge in [-0.3, -0.25) is 18.6 Å². The smallest absolute Gasteiger partial charge is 0.332 e. The molecule has 3 aromatic heterocycles. The van der Waals surface area contributed by atoms with Crippen molar-refractivity contribution in [1.82, 2.24) is 28.9 Å². The molecular formula is C21H21F3N6O2. The van der Waals surface area contributed by atoms with Gasteiger partial charge in [-0.15, -0.1) is 0 Å². The number of nitrogens with one attached hydrogen (secondary N) is 1. The molecule has 3 heterocycles. The fourth-order valence-electron chi connectivity index (χ4n) is 3.61. The maximum absolute atomic E-state index is 12.9. The molecule has 0 bridgehead atoms. The summed E-state index contributed by atoms with van der Waals surface area (Å²) >= 11 is 0. The van der Waals surface area contributed by atoms with Crippen molar-refractivity contribution >= 4 is 11.2 Å². The van der Waals surface area contributed by atoms with E-state index in [9.17, 15) is 22.8 Å². The van der Waals surface area contributed by atoms with Crippen molar-refractivity contribution in [2.45, 2.75) is 46.1 Å². The van der Waals surface area contributed by atoms with E-state index in [0.717, 1.165) is 16.7 Å². The minimum Gasteiger partial charge on any atom is -0.332 e. The first-order chi connectivity index (χ1) is 15.2. The Morgan fingerprint density at radius 2 is 1.91 bits per heavy atom. The number of hydrogen-bond acceptors (Lipinski definition) is 4. The predicted molar refractivity (Wildman–Crippen MR) is 112 cm³/mol. The van der Waals surface area contributed by atoms with Crippen LogP contribution >= 0.6 is 0 Å². The first kappa shape index (κ1) is 21.6. The number of aryl methyl sites for hydroxylation is 1. The van der Waals surface area contributed by atoms with Crippen LogP contribution in [-0.4, -0.2) is 28.9 Å². The third kappa shape index (κ3) is 3.85. The summed E-state index contributed by atoms with van der Waals surface area (Å²) in [4.78, 5) is 32.8. The Morgan fingerprint density at radius 1 is 1.12 bits per heavy atom. The first-order valence-corrected chi connectivity index (χ1v) is 10.1. The van der Waals surface area contributed by atoms with Crippen molar-refractivity contribution in [3.63, 3.8) is 0 Å². The van der Waals surface area contributed by atoms with Crippen molar-refractivity contribution in [3.8, 4) is 11.4 Å². The zero-order valence-electron chi connectivity index (χ0n) is 17.5. The average Bonchev–Trinajstić information content (AvgIpc) is 3.38. The van der Waals surface area contributed by atoms with Gasteiger partial charge in [-0.2, -0.15) is 18.3 Å². The number of nitrogens with zero attached hydrogens (tertiary/aromatic N) is 5. The molecule has 0 aliphatic carbocycles. The Hall–Kier alpha value is -3.63. The number of rotatable bonds is 6. The van der Waals surface area contributed by atoms with E-state index in [1.54, 1.807) is 19.2 Å². The lowest BCUT2D eigenvalue weighted by Gasteiger charge is -2.08. The SMILES string of the molecule is CCCn1c(=O)n(CC)c(=O)c2[nH]c(-c3cnn(Cc4cccc(C(F)(F)F)c4)c3)nc21. The number of H-pyrrole nitrogens is 1. The van der Waals surface area contributed by atoms with E-state index in [2.05, 4.69) is 15.1 Å². The van der Waals surface area contributed by atoms with E-state index in [1.807, 2.05) is 6.92 Å². The molecule has 0 aliphatic rings. The van der Waals surface area contributed by atoms with Gasteiger partial charge in [-0.05, 0) is 31.0 Å². The van der Waals surface area contributed by atoms with Gasteiger partial charge >= 0.3 is 11.9 Å². The Kier molecular flexibility index (Phi) is 5.49. The molecule has 0 radical (unpaired) electrons.